The molecular formula is C19H19N3O4. The van der Waals surface area contributed by atoms with Crippen molar-refractivity contribution in [3.63, 3.8) is 0 Å². The van der Waals surface area contributed by atoms with Crippen LogP contribution in [0.4, 0.5) is 0 Å². The SMILES string of the molecule is O=C(Cn1c(=O)oc2ccccc21)N1CCc2oc(C3CCC3)nc2C1. The van der Waals surface area contributed by atoms with Crippen LogP contribution in [0.15, 0.2) is 37.9 Å². The van der Waals surface area contributed by atoms with E-state index in [1.807, 2.05) is 6.07 Å². The van der Waals surface area contributed by atoms with Gasteiger partial charge in [-0.3, -0.25) is 9.36 Å². The van der Waals surface area contributed by atoms with Gasteiger partial charge in [0, 0.05) is 18.9 Å². The molecule has 7 heteroatoms. The summed E-state index contributed by atoms with van der Waals surface area (Å²) < 4.78 is 12.5. The Morgan fingerprint density at radius 1 is 1.23 bits per heavy atom. The summed E-state index contributed by atoms with van der Waals surface area (Å²) in [7, 11) is 0. The van der Waals surface area contributed by atoms with E-state index in [1.54, 1.807) is 23.1 Å². The second kappa shape index (κ2) is 5.86. The van der Waals surface area contributed by atoms with E-state index in [4.69, 9.17) is 8.83 Å². The van der Waals surface area contributed by atoms with Crippen LogP contribution in [0.5, 0.6) is 0 Å². The predicted octanol–water partition coefficient (Wildman–Crippen LogP) is 2.43. The van der Waals surface area contributed by atoms with Crippen molar-refractivity contribution in [2.45, 2.75) is 44.7 Å². The second-order valence-corrected chi connectivity index (χ2v) is 7.04. The highest BCUT2D eigenvalue weighted by molar-refractivity contribution is 5.79. The van der Waals surface area contributed by atoms with E-state index in [0.29, 0.717) is 36.5 Å². The fraction of sp³-hybridized carbons (Fsp3) is 0.421. The first-order valence-electron chi connectivity index (χ1n) is 9.03. The maximum absolute atomic E-state index is 12.7. The lowest BCUT2D eigenvalue weighted by Crippen LogP contribution is -2.39. The smallest absolute Gasteiger partial charge is 0.420 e. The first-order chi connectivity index (χ1) is 12.7. The Labute approximate surface area is 149 Å². The Balaban J connectivity index is 1.35. The number of carbonyl (C=O) groups excluding carboxylic acids is 1. The number of hydrogen-bond acceptors (Lipinski definition) is 5. The molecule has 0 unspecified atom stereocenters. The second-order valence-electron chi connectivity index (χ2n) is 7.04. The Hall–Kier alpha value is -2.83. The monoisotopic (exact) mass is 353 g/mol. The molecule has 1 aliphatic carbocycles. The lowest BCUT2D eigenvalue weighted by molar-refractivity contribution is -0.132. The molecule has 1 aliphatic heterocycles. The van der Waals surface area contributed by atoms with E-state index in [-0.39, 0.29) is 12.5 Å². The van der Waals surface area contributed by atoms with Crippen molar-refractivity contribution in [2.24, 2.45) is 0 Å². The normalized spacial score (nSPS) is 17.3. The third kappa shape index (κ3) is 2.46. The minimum atomic E-state index is -0.508. The largest absolute Gasteiger partial charge is 0.445 e. The van der Waals surface area contributed by atoms with Gasteiger partial charge in [0.25, 0.3) is 0 Å². The van der Waals surface area contributed by atoms with Gasteiger partial charge in [-0.05, 0) is 25.0 Å². The van der Waals surface area contributed by atoms with E-state index in [9.17, 15) is 9.59 Å². The van der Waals surface area contributed by atoms with Gasteiger partial charge in [0.1, 0.15) is 18.0 Å². The molecule has 1 saturated carbocycles. The Morgan fingerprint density at radius 2 is 2.08 bits per heavy atom. The van der Waals surface area contributed by atoms with Crippen molar-refractivity contribution in [2.75, 3.05) is 6.54 Å². The molecule has 1 fully saturated rings. The number of benzene rings is 1. The van der Waals surface area contributed by atoms with E-state index in [0.717, 1.165) is 30.2 Å². The maximum atomic E-state index is 12.7. The molecule has 1 amide bonds. The van der Waals surface area contributed by atoms with Crippen LogP contribution in [0.1, 0.15) is 42.5 Å². The lowest BCUT2D eigenvalue weighted by atomic mass is 9.85. The van der Waals surface area contributed by atoms with E-state index in [1.165, 1.54) is 11.0 Å². The van der Waals surface area contributed by atoms with Crippen LogP contribution < -0.4 is 5.76 Å². The van der Waals surface area contributed by atoms with Gasteiger partial charge >= 0.3 is 5.76 Å². The highest BCUT2D eigenvalue weighted by Crippen LogP contribution is 2.37. The highest BCUT2D eigenvalue weighted by atomic mass is 16.4. The van der Waals surface area contributed by atoms with Crippen molar-refractivity contribution in [1.82, 2.24) is 14.5 Å². The van der Waals surface area contributed by atoms with Crippen LogP contribution in [0.3, 0.4) is 0 Å². The Bertz CT molecular complexity index is 1040. The van der Waals surface area contributed by atoms with Crippen LogP contribution >= 0.6 is 0 Å². The summed E-state index contributed by atoms with van der Waals surface area (Å²) in [6.45, 7) is 0.989. The molecule has 0 N–H and O–H groups in total. The zero-order chi connectivity index (χ0) is 17.7. The van der Waals surface area contributed by atoms with E-state index >= 15 is 0 Å². The summed E-state index contributed by atoms with van der Waals surface area (Å²) in [5, 5.41) is 0. The van der Waals surface area contributed by atoms with Gasteiger partial charge in [0.05, 0.1) is 12.1 Å². The van der Waals surface area contributed by atoms with Crippen LogP contribution in [-0.4, -0.2) is 26.9 Å². The average molecular weight is 353 g/mol. The topological polar surface area (TPSA) is 81.5 Å². The maximum Gasteiger partial charge on any atom is 0.420 e. The molecule has 0 spiro atoms. The summed E-state index contributed by atoms with van der Waals surface area (Å²) in [6, 6.07) is 7.13. The molecule has 5 rings (SSSR count). The number of fused-ring (bicyclic) bond motifs is 2. The first kappa shape index (κ1) is 15.4. The summed E-state index contributed by atoms with van der Waals surface area (Å²) in [5.41, 5.74) is 1.99. The third-order valence-corrected chi connectivity index (χ3v) is 5.42. The molecule has 0 atom stereocenters. The fourth-order valence-electron chi connectivity index (χ4n) is 3.66. The van der Waals surface area contributed by atoms with Crippen LogP contribution in [-0.2, 0) is 24.3 Å². The van der Waals surface area contributed by atoms with Gasteiger partial charge in [-0.1, -0.05) is 18.6 Å². The Morgan fingerprint density at radius 3 is 2.88 bits per heavy atom. The lowest BCUT2D eigenvalue weighted by Gasteiger charge is -2.25. The van der Waals surface area contributed by atoms with E-state index in [2.05, 4.69) is 4.98 Å². The number of aromatic nitrogens is 2. The standard InChI is InChI=1S/C19H19N3O4/c23-17(11-22-14-6-1-2-7-16(14)26-19(22)24)21-9-8-15-13(10-21)20-18(25-15)12-4-3-5-12/h1-2,6-7,12H,3-5,8-11H2. The summed E-state index contributed by atoms with van der Waals surface area (Å²) in [4.78, 5) is 31.2. The van der Waals surface area contributed by atoms with Crippen LogP contribution in [0.2, 0.25) is 0 Å². The first-order valence-corrected chi connectivity index (χ1v) is 9.03. The van der Waals surface area contributed by atoms with Crippen molar-refractivity contribution in [3.05, 3.63) is 52.2 Å². The molecule has 0 radical (unpaired) electrons. The molecule has 134 valence electrons. The quantitative estimate of drug-likeness (QED) is 0.722. The molecule has 1 aromatic carbocycles. The minimum Gasteiger partial charge on any atom is -0.445 e. The van der Waals surface area contributed by atoms with E-state index < -0.39 is 5.76 Å². The molecule has 3 aromatic rings. The molecule has 26 heavy (non-hydrogen) atoms. The number of para-hydroxylation sites is 2. The summed E-state index contributed by atoms with van der Waals surface area (Å²) in [5.74, 6) is 1.55. The summed E-state index contributed by atoms with van der Waals surface area (Å²) in [6.07, 6.45) is 4.18. The molecule has 2 aliphatic rings. The number of hydrogen-bond donors (Lipinski definition) is 0. The minimum absolute atomic E-state index is 0.0293. The zero-order valence-electron chi connectivity index (χ0n) is 14.3. The number of nitrogens with zero attached hydrogens (tertiary/aromatic N) is 3. The van der Waals surface area contributed by atoms with Crippen molar-refractivity contribution >= 4 is 17.0 Å². The molecule has 3 heterocycles. The number of carbonyl (C=O) groups is 1. The van der Waals surface area contributed by atoms with Crippen LogP contribution in [0, 0.1) is 0 Å². The van der Waals surface area contributed by atoms with Gasteiger partial charge in [-0.25, -0.2) is 9.78 Å². The fourth-order valence-corrected chi connectivity index (χ4v) is 3.66. The van der Waals surface area contributed by atoms with Crippen molar-refractivity contribution < 1.29 is 13.6 Å². The van der Waals surface area contributed by atoms with Gasteiger partial charge in [0.2, 0.25) is 5.91 Å². The zero-order valence-corrected chi connectivity index (χ0v) is 14.3. The average Bonchev–Trinajstić information content (AvgIpc) is 3.13. The van der Waals surface area contributed by atoms with Crippen molar-refractivity contribution in [3.8, 4) is 0 Å². The number of oxazole rings is 2. The van der Waals surface area contributed by atoms with Gasteiger partial charge < -0.3 is 13.7 Å². The predicted molar refractivity (Wildman–Crippen MR) is 92.7 cm³/mol. The van der Waals surface area contributed by atoms with Gasteiger partial charge in [-0.2, -0.15) is 0 Å². The molecule has 0 bridgehead atoms. The highest BCUT2D eigenvalue weighted by Gasteiger charge is 2.30. The molecule has 7 nitrogen and oxygen atoms in total. The van der Waals surface area contributed by atoms with Gasteiger partial charge in [0.15, 0.2) is 11.5 Å². The number of rotatable bonds is 3. The molecule has 0 saturated heterocycles. The van der Waals surface area contributed by atoms with Crippen LogP contribution in [0.25, 0.3) is 11.1 Å². The third-order valence-electron chi connectivity index (χ3n) is 5.42. The molecule has 2 aromatic heterocycles. The number of amides is 1. The summed E-state index contributed by atoms with van der Waals surface area (Å²) >= 11 is 0. The van der Waals surface area contributed by atoms with Gasteiger partial charge in [-0.15, -0.1) is 0 Å². The van der Waals surface area contributed by atoms with Crippen molar-refractivity contribution in [1.29, 1.82) is 0 Å². The molecular weight excluding hydrogens is 334 g/mol. The Kier molecular flexibility index (Phi) is 3.48.